The van der Waals surface area contributed by atoms with Gasteiger partial charge in [-0.1, -0.05) is 84.4 Å². The fourth-order valence-electron chi connectivity index (χ4n) is 4.03. The van der Waals surface area contributed by atoms with Crippen LogP contribution in [0.5, 0.6) is 0 Å². The van der Waals surface area contributed by atoms with Crippen LogP contribution in [0.1, 0.15) is 26.3 Å². The predicted octanol–water partition coefficient (Wildman–Crippen LogP) is 5.46. The van der Waals surface area contributed by atoms with E-state index in [1.54, 1.807) is 48.5 Å². The molecule has 0 fully saturated rings. The van der Waals surface area contributed by atoms with Crippen LogP contribution in [0.4, 0.5) is 0 Å². The first-order valence-electron chi connectivity index (χ1n) is 10.8. The highest BCUT2D eigenvalue weighted by molar-refractivity contribution is 6.30. The van der Waals surface area contributed by atoms with E-state index in [1.807, 2.05) is 36.4 Å². The van der Waals surface area contributed by atoms with Crippen LogP contribution in [0.2, 0.25) is 5.02 Å². The van der Waals surface area contributed by atoms with Crippen LogP contribution < -0.4 is 5.56 Å². The number of esters is 2. The van der Waals surface area contributed by atoms with Gasteiger partial charge in [0.1, 0.15) is 0 Å². The van der Waals surface area contributed by atoms with E-state index in [2.05, 4.69) is 0 Å². The Morgan fingerprint density at radius 1 is 0.743 bits per heavy atom. The van der Waals surface area contributed by atoms with Gasteiger partial charge in [0.05, 0.1) is 43.1 Å². The molecule has 1 aromatic heterocycles. The molecule has 0 radical (unpaired) electrons. The number of hydrogen-bond donors (Lipinski definition) is 0. The van der Waals surface area contributed by atoms with Crippen molar-refractivity contribution in [3.63, 3.8) is 0 Å². The van der Waals surface area contributed by atoms with Gasteiger partial charge in [0.2, 0.25) is 0 Å². The van der Waals surface area contributed by atoms with Crippen LogP contribution in [-0.2, 0) is 16.0 Å². The number of pyridine rings is 1. The number of benzene rings is 3. The predicted molar refractivity (Wildman–Crippen MR) is 135 cm³/mol. The maximum atomic E-state index is 14.1. The van der Waals surface area contributed by atoms with Crippen LogP contribution >= 0.6 is 11.6 Å². The number of rotatable bonds is 6. The van der Waals surface area contributed by atoms with Gasteiger partial charge in [0.15, 0.2) is 0 Å². The van der Waals surface area contributed by atoms with E-state index in [1.165, 1.54) is 18.8 Å². The van der Waals surface area contributed by atoms with Crippen molar-refractivity contribution < 1.29 is 19.1 Å². The van der Waals surface area contributed by atoms with E-state index in [9.17, 15) is 14.4 Å². The molecule has 35 heavy (non-hydrogen) atoms. The van der Waals surface area contributed by atoms with Crippen molar-refractivity contribution in [3.05, 3.63) is 117 Å². The van der Waals surface area contributed by atoms with E-state index < -0.39 is 17.5 Å². The molecule has 0 saturated heterocycles. The Bertz CT molecular complexity index is 1430. The third-order valence-corrected chi connectivity index (χ3v) is 5.86. The lowest BCUT2D eigenvalue weighted by Crippen LogP contribution is -2.31. The van der Waals surface area contributed by atoms with E-state index in [4.69, 9.17) is 21.1 Å². The molecule has 0 unspecified atom stereocenters. The van der Waals surface area contributed by atoms with Crippen molar-refractivity contribution >= 4 is 23.5 Å². The van der Waals surface area contributed by atoms with Crippen molar-refractivity contribution in [2.24, 2.45) is 0 Å². The molecule has 0 spiro atoms. The quantitative estimate of drug-likeness (QED) is 0.338. The summed E-state index contributed by atoms with van der Waals surface area (Å²) in [7, 11) is 2.43. The van der Waals surface area contributed by atoms with Crippen molar-refractivity contribution in [1.29, 1.82) is 0 Å². The molecule has 0 aliphatic heterocycles. The highest BCUT2D eigenvalue weighted by Gasteiger charge is 2.32. The van der Waals surface area contributed by atoms with Crippen LogP contribution in [0, 0.1) is 0 Å². The van der Waals surface area contributed by atoms with Gasteiger partial charge < -0.3 is 14.0 Å². The lowest BCUT2D eigenvalue weighted by atomic mass is 9.92. The molecule has 0 aliphatic rings. The number of halogens is 1. The summed E-state index contributed by atoms with van der Waals surface area (Å²) in [6.07, 6.45) is 0. The number of methoxy groups -OCH3 is 2. The summed E-state index contributed by atoms with van der Waals surface area (Å²) in [5, 5.41) is 0.465. The zero-order chi connectivity index (χ0) is 24.9. The van der Waals surface area contributed by atoms with Gasteiger partial charge in [-0.25, -0.2) is 9.59 Å². The molecule has 0 saturated carbocycles. The molecule has 0 N–H and O–H groups in total. The number of nitrogens with zero attached hydrogens (tertiary/aromatic N) is 1. The maximum absolute atomic E-state index is 14.1. The second kappa shape index (κ2) is 10.4. The molecule has 1 heterocycles. The molecule has 4 aromatic rings. The average molecular weight is 488 g/mol. The number of carbonyl (C=O) groups is 2. The first-order chi connectivity index (χ1) is 17.0. The Kier molecular flexibility index (Phi) is 7.13. The molecule has 0 bridgehead atoms. The van der Waals surface area contributed by atoms with E-state index >= 15 is 0 Å². The highest BCUT2D eigenvalue weighted by atomic mass is 35.5. The molecule has 176 valence electrons. The molecular weight excluding hydrogens is 466 g/mol. The van der Waals surface area contributed by atoms with Gasteiger partial charge >= 0.3 is 11.9 Å². The summed E-state index contributed by atoms with van der Waals surface area (Å²) < 4.78 is 11.6. The first kappa shape index (κ1) is 24.0. The number of carbonyl (C=O) groups excluding carboxylic acids is 2. The Balaban J connectivity index is 2.20. The average Bonchev–Trinajstić information content (AvgIpc) is 2.90. The van der Waals surface area contributed by atoms with E-state index in [0.717, 1.165) is 5.56 Å². The summed E-state index contributed by atoms with van der Waals surface area (Å²) in [6, 6.07) is 24.8. The molecular formula is C28H22ClNO5. The van der Waals surface area contributed by atoms with E-state index in [-0.39, 0.29) is 28.9 Å². The van der Waals surface area contributed by atoms with Crippen LogP contribution in [0.15, 0.2) is 89.7 Å². The minimum atomic E-state index is -0.823. The first-order valence-corrected chi connectivity index (χ1v) is 11.2. The summed E-state index contributed by atoms with van der Waals surface area (Å²) in [5.41, 5.74) is 1.48. The fraction of sp³-hybridized carbons (Fsp3) is 0.107. The second-order valence-electron chi connectivity index (χ2n) is 7.71. The van der Waals surface area contributed by atoms with Gasteiger partial charge in [-0.05, 0) is 28.8 Å². The Hall–Kier alpha value is -4.16. The normalized spacial score (nSPS) is 10.6. The largest absolute Gasteiger partial charge is 0.465 e. The topological polar surface area (TPSA) is 74.6 Å². The summed E-state index contributed by atoms with van der Waals surface area (Å²) in [5.74, 6) is -1.59. The second-order valence-corrected chi connectivity index (χ2v) is 8.14. The Labute approximate surface area is 207 Å². The minimum Gasteiger partial charge on any atom is -0.465 e. The molecule has 7 heteroatoms. The van der Waals surface area contributed by atoms with Crippen LogP contribution in [0.25, 0.3) is 22.4 Å². The minimum absolute atomic E-state index is 0.0320. The lowest BCUT2D eigenvalue weighted by molar-refractivity contribution is 0.0555. The lowest BCUT2D eigenvalue weighted by Gasteiger charge is -2.22. The number of hydrogen-bond acceptors (Lipinski definition) is 5. The molecule has 0 aliphatic carbocycles. The molecule has 6 nitrogen and oxygen atoms in total. The van der Waals surface area contributed by atoms with Gasteiger partial charge in [0, 0.05) is 5.02 Å². The van der Waals surface area contributed by atoms with Crippen LogP contribution in [0.3, 0.4) is 0 Å². The monoisotopic (exact) mass is 487 g/mol. The van der Waals surface area contributed by atoms with Gasteiger partial charge in [-0.2, -0.15) is 0 Å². The summed E-state index contributed by atoms with van der Waals surface area (Å²) >= 11 is 6.07. The van der Waals surface area contributed by atoms with Crippen molar-refractivity contribution in [3.8, 4) is 22.4 Å². The molecule has 0 atom stereocenters. The van der Waals surface area contributed by atoms with Gasteiger partial charge in [-0.3, -0.25) is 4.79 Å². The van der Waals surface area contributed by atoms with Crippen molar-refractivity contribution in [1.82, 2.24) is 4.57 Å². The van der Waals surface area contributed by atoms with Crippen molar-refractivity contribution in [2.75, 3.05) is 14.2 Å². The van der Waals surface area contributed by atoms with E-state index in [0.29, 0.717) is 16.1 Å². The summed E-state index contributed by atoms with van der Waals surface area (Å²) in [6.45, 7) is 0.163. The third-order valence-electron chi connectivity index (χ3n) is 5.61. The van der Waals surface area contributed by atoms with Gasteiger partial charge in [-0.15, -0.1) is 0 Å². The zero-order valence-electron chi connectivity index (χ0n) is 19.2. The number of ether oxygens (including phenoxy) is 2. The van der Waals surface area contributed by atoms with Gasteiger partial charge in [0.25, 0.3) is 5.56 Å². The molecule has 4 rings (SSSR count). The van der Waals surface area contributed by atoms with Crippen molar-refractivity contribution in [2.45, 2.75) is 6.54 Å². The molecule has 3 aromatic carbocycles. The standard InChI is InChI=1S/C28H22ClNO5/c1-34-27(32)23-22(19-13-15-21(29)16-14-19)26(31)30(17-18-9-5-3-6-10-18)25(24(23)28(33)35-2)20-11-7-4-8-12-20/h3-16H,17H2,1-2H3. The highest BCUT2D eigenvalue weighted by Crippen LogP contribution is 2.33. The Morgan fingerprint density at radius 2 is 1.29 bits per heavy atom. The smallest absolute Gasteiger partial charge is 0.340 e. The maximum Gasteiger partial charge on any atom is 0.340 e. The zero-order valence-corrected chi connectivity index (χ0v) is 19.9. The summed E-state index contributed by atoms with van der Waals surface area (Å²) in [4.78, 5) is 40.5. The Morgan fingerprint density at radius 3 is 1.86 bits per heavy atom. The van der Waals surface area contributed by atoms with Crippen LogP contribution in [-0.4, -0.2) is 30.7 Å². The fourth-order valence-corrected chi connectivity index (χ4v) is 4.15. The third kappa shape index (κ3) is 4.74. The SMILES string of the molecule is COC(=O)c1c(C(=O)OC)c(-c2ccccc2)n(Cc2ccccc2)c(=O)c1-c1ccc(Cl)cc1. The number of aromatic nitrogens is 1. The molecule has 0 amide bonds.